The summed E-state index contributed by atoms with van der Waals surface area (Å²) in [5.74, 6) is -0.248. The molecule has 7 heteroatoms. The molecule has 1 heterocycles. The molecule has 0 spiro atoms. The average molecular weight is 406 g/mol. The van der Waals surface area contributed by atoms with E-state index >= 15 is 0 Å². The lowest BCUT2D eigenvalue weighted by molar-refractivity contribution is -0.118. The number of rotatable bonds is 8. The van der Waals surface area contributed by atoms with E-state index in [2.05, 4.69) is 4.98 Å². The monoisotopic (exact) mass is 406 g/mol. The second-order valence-electron chi connectivity index (χ2n) is 7.13. The van der Waals surface area contributed by atoms with Crippen molar-refractivity contribution in [3.63, 3.8) is 0 Å². The quantitative estimate of drug-likeness (QED) is 0.600. The Morgan fingerprint density at radius 3 is 2.20 bits per heavy atom. The molecule has 3 N–H and O–H groups in total. The van der Waals surface area contributed by atoms with Gasteiger partial charge in [-0.3, -0.25) is 19.1 Å². The summed E-state index contributed by atoms with van der Waals surface area (Å²) in [4.78, 5) is 42.0. The standard InChI is InChI=1S/C23H26N4O3/c1-2-3-14-26(19(28)15-17-10-6-4-7-11-17)20-21(24)27(23(30)25-22(20)29)16-18-12-8-5-9-13-18/h4-13H,2-3,14-16,24H2,1H3,(H,25,29,30). The van der Waals surface area contributed by atoms with E-state index in [1.165, 1.54) is 9.47 Å². The van der Waals surface area contributed by atoms with Crippen LogP contribution in [-0.2, 0) is 17.8 Å². The summed E-state index contributed by atoms with van der Waals surface area (Å²) in [6.07, 6.45) is 1.69. The molecule has 0 bridgehead atoms. The molecule has 0 aliphatic rings. The predicted molar refractivity (Wildman–Crippen MR) is 119 cm³/mol. The summed E-state index contributed by atoms with van der Waals surface area (Å²) in [5, 5.41) is 0. The Morgan fingerprint density at radius 2 is 1.60 bits per heavy atom. The second kappa shape index (κ2) is 9.73. The highest BCUT2D eigenvalue weighted by Crippen LogP contribution is 2.20. The minimum absolute atomic E-state index is 0.00915. The molecule has 0 unspecified atom stereocenters. The Balaban J connectivity index is 2.02. The lowest BCUT2D eigenvalue weighted by Gasteiger charge is -2.24. The lowest BCUT2D eigenvalue weighted by atomic mass is 10.1. The Morgan fingerprint density at radius 1 is 1.00 bits per heavy atom. The van der Waals surface area contributed by atoms with Crippen molar-refractivity contribution >= 4 is 17.4 Å². The molecule has 0 radical (unpaired) electrons. The molecular weight excluding hydrogens is 380 g/mol. The molecule has 0 saturated heterocycles. The van der Waals surface area contributed by atoms with E-state index < -0.39 is 11.2 Å². The van der Waals surface area contributed by atoms with Crippen LogP contribution in [0.1, 0.15) is 30.9 Å². The number of H-pyrrole nitrogens is 1. The van der Waals surface area contributed by atoms with E-state index in [4.69, 9.17) is 5.73 Å². The SMILES string of the molecule is CCCCN(C(=O)Cc1ccccc1)c1c(N)n(Cc2ccccc2)c(=O)[nH]c1=O. The maximum absolute atomic E-state index is 13.1. The fourth-order valence-electron chi connectivity index (χ4n) is 3.30. The number of aromatic amines is 1. The van der Waals surface area contributed by atoms with E-state index in [9.17, 15) is 14.4 Å². The molecule has 0 atom stereocenters. The third kappa shape index (κ3) is 4.86. The fraction of sp³-hybridized carbons (Fsp3) is 0.261. The van der Waals surface area contributed by atoms with Gasteiger partial charge in [0.25, 0.3) is 5.56 Å². The number of unbranched alkanes of at least 4 members (excludes halogenated alkanes) is 1. The van der Waals surface area contributed by atoms with Crippen LogP contribution in [0, 0.1) is 0 Å². The number of nitrogens with zero attached hydrogens (tertiary/aromatic N) is 2. The first kappa shape index (κ1) is 21.1. The zero-order valence-corrected chi connectivity index (χ0v) is 17.0. The predicted octanol–water partition coefficient (Wildman–Crippen LogP) is 2.54. The van der Waals surface area contributed by atoms with Gasteiger partial charge in [-0.15, -0.1) is 0 Å². The lowest BCUT2D eigenvalue weighted by Crippen LogP contribution is -2.42. The van der Waals surface area contributed by atoms with Crippen molar-refractivity contribution in [1.82, 2.24) is 9.55 Å². The molecular formula is C23H26N4O3. The van der Waals surface area contributed by atoms with Crippen LogP contribution in [0.4, 0.5) is 11.5 Å². The van der Waals surface area contributed by atoms with Gasteiger partial charge in [0.15, 0.2) is 5.69 Å². The number of carbonyl (C=O) groups is 1. The van der Waals surface area contributed by atoms with Gasteiger partial charge in [-0.1, -0.05) is 74.0 Å². The summed E-state index contributed by atoms with van der Waals surface area (Å²) in [6.45, 7) is 2.55. The topological polar surface area (TPSA) is 101 Å². The zero-order valence-electron chi connectivity index (χ0n) is 17.0. The molecule has 0 aliphatic heterocycles. The van der Waals surface area contributed by atoms with Gasteiger partial charge in [-0.2, -0.15) is 0 Å². The van der Waals surface area contributed by atoms with Crippen molar-refractivity contribution in [2.24, 2.45) is 0 Å². The van der Waals surface area contributed by atoms with Crippen LogP contribution in [0.3, 0.4) is 0 Å². The Kier molecular flexibility index (Phi) is 6.85. The van der Waals surface area contributed by atoms with Crippen molar-refractivity contribution in [2.45, 2.75) is 32.7 Å². The largest absolute Gasteiger partial charge is 0.383 e. The smallest absolute Gasteiger partial charge is 0.330 e. The average Bonchev–Trinajstić information content (AvgIpc) is 2.74. The second-order valence-corrected chi connectivity index (χ2v) is 7.13. The molecule has 1 aromatic heterocycles. The van der Waals surface area contributed by atoms with E-state index in [1.54, 1.807) is 0 Å². The van der Waals surface area contributed by atoms with Gasteiger partial charge in [0.2, 0.25) is 5.91 Å². The highest BCUT2D eigenvalue weighted by molar-refractivity contribution is 5.96. The number of aromatic nitrogens is 2. The highest BCUT2D eigenvalue weighted by atomic mass is 16.2. The number of hydrogen-bond donors (Lipinski definition) is 2. The first-order chi connectivity index (χ1) is 14.5. The molecule has 0 saturated carbocycles. The van der Waals surface area contributed by atoms with Crippen LogP contribution >= 0.6 is 0 Å². The van der Waals surface area contributed by atoms with Crippen LogP contribution in [0.5, 0.6) is 0 Å². The molecule has 1 amide bonds. The van der Waals surface area contributed by atoms with Crippen LogP contribution < -0.4 is 21.9 Å². The van der Waals surface area contributed by atoms with Gasteiger partial charge in [0.1, 0.15) is 5.82 Å². The summed E-state index contributed by atoms with van der Waals surface area (Å²) in [7, 11) is 0. The van der Waals surface area contributed by atoms with Gasteiger partial charge >= 0.3 is 5.69 Å². The molecule has 3 rings (SSSR count). The van der Waals surface area contributed by atoms with Crippen molar-refractivity contribution < 1.29 is 4.79 Å². The zero-order chi connectivity index (χ0) is 21.5. The summed E-state index contributed by atoms with van der Waals surface area (Å²) in [6, 6.07) is 18.7. The third-order valence-electron chi connectivity index (χ3n) is 4.90. The van der Waals surface area contributed by atoms with E-state index in [1.807, 2.05) is 67.6 Å². The molecule has 7 nitrogen and oxygen atoms in total. The summed E-state index contributed by atoms with van der Waals surface area (Å²) >= 11 is 0. The van der Waals surface area contributed by atoms with E-state index in [0.717, 1.165) is 17.5 Å². The Hall–Kier alpha value is -3.61. The summed E-state index contributed by atoms with van der Waals surface area (Å²) < 4.78 is 1.29. The highest BCUT2D eigenvalue weighted by Gasteiger charge is 2.24. The maximum Gasteiger partial charge on any atom is 0.330 e. The van der Waals surface area contributed by atoms with Crippen molar-refractivity contribution in [2.75, 3.05) is 17.2 Å². The van der Waals surface area contributed by atoms with Crippen LogP contribution in [0.15, 0.2) is 70.3 Å². The number of anilines is 2. The first-order valence-corrected chi connectivity index (χ1v) is 10.0. The van der Waals surface area contributed by atoms with Gasteiger partial charge < -0.3 is 10.6 Å². The van der Waals surface area contributed by atoms with Gasteiger partial charge in [0.05, 0.1) is 13.0 Å². The third-order valence-corrected chi connectivity index (χ3v) is 4.90. The van der Waals surface area contributed by atoms with Gasteiger partial charge in [0, 0.05) is 6.54 Å². The van der Waals surface area contributed by atoms with Crippen LogP contribution in [0.25, 0.3) is 0 Å². The fourth-order valence-corrected chi connectivity index (χ4v) is 3.30. The van der Waals surface area contributed by atoms with Crippen LogP contribution in [-0.4, -0.2) is 22.0 Å². The van der Waals surface area contributed by atoms with Crippen molar-refractivity contribution in [3.05, 3.63) is 92.6 Å². The molecule has 30 heavy (non-hydrogen) atoms. The number of nitrogens with one attached hydrogen (secondary N) is 1. The molecule has 2 aromatic carbocycles. The number of carbonyl (C=O) groups excluding carboxylic acids is 1. The number of benzene rings is 2. The normalized spacial score (nSPS) is 10.7. The number of amides is 1. The van der Waals surface area contributed by atoms with Crippen LogP contribution in [0.2, 0.25) is 0 Å². The first-order valence-electron chi connectivity index (χ1n) is 10.0. The van der Waals surface area contributed by atoms with E-state index in [-0.39, 0.29) is 30.4 Å². The molecule has 0 fully saturated rings. The van der Waals surface area contributed by atoms with Gasteiger partial charge in [-0.05, 0) is 17.5 Å². The maximum atomic E-state index is 13.1. The number of hydrogen-bond acceptors (Lipinski definition) is 4. The number of nitrogens with two attached hydrogens (primary N) is 1. The molecule has 0 aliphatic carbocycles. The Bertz CT molecular complexity index is 1100. The minimum atomic E-state index is -0.653. The van der Waals surface area contributed by atoms with Crippen molar-refractivity contribution in [1.29, 1.82) is 0 Å². The van der Waals surface area contributed by atoms with Gasteiger partial charge in [-0.25, -0.2) is 4.79 Å². The van der Waals surface area contributed by atoms with E-state index in [0.29, 0.717) is 13.0 Å². The minimum Gasteiger partial charge on any atom is -0.383 e. The Labute approximate surface area is 174 Å². The molecule has 156 valence electrons. The molecule has 3 aromatic rings. The summed E-state index contributed by atoms with van der Waals surface area (Å²) in [5.41, 5.74) is 6.76. The van der Waals surface area contributed by atoms with Crippen molar-refractivity contribution in [3.8, 4) is 0 Å². The number of nitrogen functional groups attached to an aromatic ring is 1.